The van der Waals surface area contributed by atoms with Crippen LogP contribution in [0.4, 0.5) is 0 Å². The molecule has 3 rings (SSSR count). The van der Waals surface area contributed by atoms with Gasteiger partial charge in [0.25, 0.3) is 11.8 Å². The van der Waals surface area contributed by atoms with E-state index in [9.17, 15) is 4.79 Å². The van der Waals surface area contributed by atoms with Crippen LogP contribution in [0.1, 0.15) is 33.8 Å². The van der Waals surface area contributed by atoms with Crippen molar-refractivity contribution in [1.82, 2.24) is 20.4 Å². The van der Waals surface area contributed by atoms with Gasteiger partial charge in [-0.1, -0.05) is 24.2 Å². The predicted molar refractivity (Wildman–Crippen MR) is 102 cm³/mol. The number of carbonyl (C=O) groups is 1. The number of aromatic nitrogens is 3. The number of nitrogens with zero attached hydrogens (tertiary/aromatic N) is 3. The van der Waals surface area contributed by atoms with Crippen LogP contribution in [0.3, 0.4) is 0 Å². The Morgan fingerprint density at radius 3 is 2.65 bits per heavy atom. The lowest BCUT2D eigenvalue weighted by atomic mass is 10.1. The number of benzene rings is 1. The van der Waals surface area contributed by atoms with Gasteiger partial charge >= 0.3 is 0 Å². The number of amides is 1. The SMILES string of the molecule is CCc1noc(-c2ccc(CCNC(=O)c3csc(CN)n3)cc2)n1.Cl. The van der Waals surface area contributed by atoms with Gasteiger partial charge in [0.05, 0.1) is 0 Å². The highest BCUT2D eigenvalue weighted by Crippen LogP contribution is 2.18. The van der Waals surface area contributed by atoms with Gasteiger partial charge in [0.2, 0.25) is 0 Å². The average molecular weight is 394 g/mol. The summed E-state index contributed by atoms with van der Waals surface area (Å²) in [4.78, 5) is 20.5. The molecule has 0 aliphatic rings. The van der Waals surface area contributed by atoms with Crippen LogP contribution in [0.25, 0.3) is 11.5 Å². The van der Waals surface area contributed by atoms with E-state index in [1.165, 1.54) is 11.3 Å². The number of nitrogens with two attached hydrogens (primary N) is 1. The lowest BCUT2D eigenvalue weighted by Crippen LogP contribution is -2.26. The molecule has 0 spiro atoms. The number of hydrogen-bond donors (Lipinski definition) is 2. The smallest absolute Gasteiger partial charge is 0.270 e. The summed E-state index contributed by atoms with van der Waals surface area (Å²) in [6, 6.07) is 7.87. The standard InChI is InChI=1S/C17H19N5O2S.ClH/c1-2-14-21-17(24-22-14)12-5-3-11(4-6-12)7-8-19-16(23)13-10-25-15(9-18)20-13;/h3-6,10H,2,7-9,18H2,1H3,(H,19,23);1H. The fourth-order valence-corrected chi connectivity index (χ4v) is 2.90. The minimum absolute atomic E-state index is 0. The maximum absolute atomic E-state index is 12.0. The van der Waals surface area contributed by atoms with Gasteiger partial charge in [-0.25, -0.2) is 4.98 Å². The molecule has 0 bridgehead atoms. The van der Waals surface area contributed by atoms with Crippen LogP contribution in [0.5, 0.6) is 0 Å². The number of nitrogens with one attached hydrogen (secondary N) is 1. The first-order valence-electron chi connectivity index (χ1n) is 8.04. The molecule has 0 aliphatic heterocycles. The van der Waals surface area contributed by atoms with Crippen molar-refractivity contribution in [2.45, 2.75) is 26.3 Å². The van der Waals surface area contributed by atoms with E-state index >= 15 is 0 Å². The molecule has 0 atom stereocenters. The topological polar surface area (TPSA) is 107 Å². The first-order valence-corrected chi connectivity index (χ1v) is 8.92. The van der Waals surface area contributed by atoms with Gasteiger partial charge in [-0.3, -0.25) is 4.79 Å². The maximum Gasteiger partial charge on any atom is 0.270 e. The summed E-state index contributed by atoms with van der Waals surface area (Å²) in [5, 5.41) is 9.24. The van der Waals surface area contributed by atoms with Crippen molar-refractivity contribution >= 4 is 29.7 Å². The Labute approximate surface area is 161 Å². The number of hydrogen-bond acceptors (Lipinski definition) is 7. The summed E-state index contributed by atoms with van der Waals surface area (Å²) in [6.45, 7) is 2.87. The monoisotopic (exact) mass is 393 g/mol. The molecular weight excluding hydrogens is 374 g/mol. The van der Waals surface area contributed by atoms with Crippen molar-refractivity contribution in [3.05, 3.63) is 51.7 Å². The van der Waals surface area contributed by atoms with Crippen LogP contribution in [0, 0.1) is 0 Å². The molecule has 0 unspecified atom stereocenters. The number of rotatable bonds is 7. The van der Waals surface area contributed by atoms with Crippen molar-refractivity contribution in [1.29, 1.82) is 0 Å². The van der Waals surface area contributed by atoms with E-state index in [1.807, 2.05) is 31.2 Å². The molecule has 3 aromatic rings. The van der Waals surface area contributed by atoms with E-state index in [1.54, 1.807) is 5.38 Å². The van der Waals surface area contributed by atoms with Gasteiger partial charge in [0.15, 0.2) is 5.82 Å². The van der Waals surface area contributed by atoms with Crippen molar-refractivity contribution in [3.8, 4) is 11.5 Å². The molecule has 1 amide bonds. The fraction of sp³-hybridized carbons (Fsp3) is 0.294. The second-order valence-electron chi connectivity index (χ2n) is 5.40. The molecule has 0 fully saturated rings. The molecule has 0 radical (unpaired) electrons. The molecule has 1 aromatic carbocycles. The van der Waals surface area contributed by atoms with E-state index in [4.69, 9.17) is 10.3 Å². The highest BCUT2D eigenvalue weighted by atomic mass is 35.5. The zero-order valence-corrected chi connectivity index (χ0v) is 15.9. The second-order valence-corrected chi connectivity index (χ2v) is 6.35. The van der Waals surface area contributed by atoms with Crippen LogP contribution < -0.4 is 11.1 Å². The largest absolute Gasteiger partial charge is 0.350 e. The normalized spacial score (nSPS) is 10.4. The van der Waals surface area contributed by atoms with Crippen LogP contribution in [-0.2, 0) is 19.4 Å². The third-order valence-electron chi connectivity index (χ3n) is 3.64. The van der Waals surface area contributed by atoms with Crippen molar-refractivity contribution < 1.29 is 9.32 Å². The Hall–Kier alpha value is -2.29. The first kappa shape index (κ1) is 20.0. The summed E-state index contributed by atoms with van der Waals surface area (Å²) in [6.07, 6.45) is 1.47. The molecule has 2 heterocycles. The molecule has 0 aliphatic carbocycles. The average Bonchev–Trinajstić information content (AvgIpc) is 3.31. The Kier molecular flexibility index (Phi) is 7.26. The summed E-state index contributed by atoms with van der Waals surface area (Å²) in [7, 11) is 0. The molecular formula is C17H20ClN5O2S. The summed E-state index contributed by atoms with van der Waals surface area (Å²) >= 11 is 1.39. The van der Waals surface area contributed by atoms with Gasteiger partial charge in [-0.15, -0.1) is 23.7 Å². The van der Waals surface area contributed by atoms with Gasteiger partial charge in [-0.05, 0) is 24.1 Å². The van der Waals surface area contributed by atoms with E-state index < -0.39 is 0 Å². The van der Waals surface area contributed by atoms with E-state index in [0.717, 1.165) is 29.0 Å². The first-order chi connectivity index (χ1) is 12.2. The second kappa shape index (κ2) is 9.42. The quantitative estimate of drug-likeness (QED) is 0.638. The number of carbonyl (C=O) groups excluding carboxylic acids is 1. The Morgan fingerprint density at radius 1 is 1.27 bits per heavy atom. The molecule has 0 saturated carbocycles. The third-order valence-corrected chi connectivity index (χ3v) is 4.51. The molecule has 9 heteroatoms. The molecule has 26 heavy (non-hydrogen) atoms. The van der Waals surface area contributed by atoms with Crippen LogP contribution in [-0.4, -0.2) is 27.6 Å². The van der Waals surface area contributed by atoms with Gasteiger partial charge in [-0.2, -0.15) is 4.98 Å². The number of thiazole rings is 1. The molecule has 2 aromatic heterocycles. The third kappa shape index (κ3) is 4.87. The number of halogens is 1. The summed E-state index contributed by atoms with van der Waals surface area (Å²) < 4.78 is 5.22. The molecule has 7 nitrogen and oxygen atoms in total. The van der Waals surface area contributed by atoms with Gasteiger partial charge in [0.1, 0.15) is 10.7 Å². The van der Waals surface area contributed by atoms with E-state index in [0.29, 0.717) is 30.5 Å². The Bertz CT molecular complexity index is 847. The van der Waals surface area contributed by atoms with E-state index in [2.05, 4.69) is 20.4 Å². The van der Waals surface area contributed by atoms with Crippen LogP contribution >= 0.6 is 23.7 Å². The minimum atomic E-state index is -0.175. The van der Waals surface area contributed by atoms with E-state index in [-0.39, 0.29) is 18.3 Å². The van der Waals surface area contributed by atoms with Crippen molar-refractivity contribution in [2.75, 3.05) is 6.54 Å². The minimum Gasteiger partial charge on any atom is -0.350 e. The predicted octanol–water partition coefficient (Wildman–Crippen LogP) is 2.61. The highest BCUT2D eigenvalue weighted by Gasteiger charge is 2.10. The van der Waals surface area contributed by atoms with Crippen molar-refractivity contribution in [3.63, 3.8) is 0 Å². The number of aryl methyl sites for hydroxylation is 1. The fourth-order valence-electron chi connectivity index (χ4n) is 2.25. The van der Waals surface area contributed by atoms with Crippen LogP contribution in [0.15, 0.2) is 34.2 Å². The van der Waals surface area contributed by atoms with Crippen LogP contribution in [0.2, 0.25) is 0 Å². The lowest BCUT2D eigenvalue weighted by molar-refractivity contribution is 0.0949. The zero-order valence-electron chi connectivity index (χ0n) is 14.3. The zero-order chi connectivity index (χ0) is 17.6. The molecule has 0 saturated heterocycles. The Morgan fingerprint density at radius 2 is 2.04 bits per heavy atom. The molecule has 138 valence electrons. The van der Waals surface area contributed by atoms with Crippen molar-refractivity contribution in [2.24, 2.45) is 5.73 Å². The lowest BCUT2D eigenvalue weighted by Gasteiger charge is -2.04. The van der Waals surface area contributed by atoms with Gasteiger partial charge in [0, 0.05) is 30.5 Å². The Balaban J connectivity index is 0.00000243. The van der Waals surface area contributed by atoms with Gasteiger partial charge < -0.3 is 15.6 Å². The maximum atomic E-state index is 12.0. The summed E-state index contributed by atoms with van der Waals surface area (Å²) in [5.41, 5.74) is 7.92. The summed E-state index contributed by atoms with van der Waals surface area (Å²) in [5.74, 6) is 1.04. The highest BCUT2D eigenvalue weighted by molar-refractivity contribution is 7.09. The molecule has 3 N–H and O–H groups in total.